The molecule has 2 rings (SSSR count). The molecule has 1 N–H and O–H groups in total. The van der Waals surface area contributed by atoms with Crippen molar-refractivity contribution in [1.29, 1.82) is 0 Å². The van der Waals surface area contributed by atoms with Gasteiger partial charge in [-0.25, -0.2) is 0 Å². The van der Waals surface area contributed by atoms with E-state index < -0.39 is 0 Å². The monoisotopic (exact) mass is 258 g/mol. The first kappa shape index (κ1) is 13.7. The first-order chi connectivity index (χ1) is 9.15. The van der Waals surface area contributed by atoms with Gasteiger partial charge in [-0.3, -0.25) is 9.67 Å². The van der Waals surface area contributed by atoms with E-state index in [0.717, 1.165) is 25.2 Å². The predicted molar refractivity (Wildman–Crippen MR) is 76.9 cm³/mol. The van der Waals surface area contributed by atoms with Crippen LogP contribution in [-0.4, -0.2) is 20.8 Å². The highest BCUT2D eigenvalue weighted by Gasteiger charge is 2.04. The second kappa shape index (κ2) is 6.48. The lowest BCUT2D eigenvalue weighted by Gasteiger charge is -2.15. The molecule has 1 unspecified atom stereocenters. The number of aromatic nitrogens is 3. The summed E-state index contributed by atoms with van der Waals surface area (Å²) < 4.78 is 1.97. The van der Waals surface area contributed by atoms with Gasteiger partial charge in [-0.1, -0.05) is 0 Å². The van der Waals surface area contributed by atoms with Crippen LogP contribution in [0.2, 0.25) is 0 Å². The fraction of sp³-hybridized carbons (Fsp3) is 0.467. The van der Waals surface area contributed by atoms with Crippen molar-refractivity contribution in [1.82, 2.24) is 20.1 Å². The minimum absolute atomic E-state index is 0.463. The second-order valence-corrected chi connectivity index (χ2v) is 5.09. The summed E-state index contributed by atoms with van der Waals surface area (Å²) in [5.74, 6) is 0. The molecular formula is C15H22N4. The highest BCUT2D eigenvalue weighted by atomic mass is 15.3. The van der Waals surface area contributed by atoms with Gasteiger partial charge >= 0.3 is 0 Å². The molecule has 0 aliphatic rings. The average Bonchev–Trinajstić information content (AvgIpc) is 2.88. The van der Waals surface area contributed by atoms with E-state index in [9.17, 15) is 0 Å². The van der Waals surface area contributed by atoms with Gasteiger partial charge in [-0.15, -0.1) is 0 Å². The van der Waals surface area contributed by atoms with E-state index in [4.69, 9.17) is 0 Å². The molecule has 0 aliphatic heterocycles. The zero-order valence-corrected chi connectivity index (χ0v) is 11.9. The van der Waals surface area contributed by atoms with Crippen LogP contribution in [0.1, 0.15) is 30.2 Å². The van der Waals surface area contributed by atoms with Crippen LogP contribution in [-0.2, 0) is 13.1 Å². The van der Waals surface area contributed by atoms with Crippen molar-refractivity contribution < 1.29 is 0 Å². The minimum atomic E-state index is 0.463. The number of hydrogen-bond donors (Lipinski definition) is 1. The van der Waals surface area contributed by atoms with Gasteiger partial charge in [0.1, 0.15) is 0 Å². The highest BCUT2D eigenvalue weighted by molar-refractivity contribution is 5.24. The first-order valence-electron chi connectivity index (χ1n) is 6.78. The third-order valence-electron chi connectivity index (χ3n) is 3.35. The number of aryl methyl sites for hydroxylation is 3. The molecule has 0 saturated carbocycles. The fourth-order valence-corrected chi connectivity index (χ4v) is 2.05. The summed E-state index contributed by atoms with van der Waals surface area (Å²) in [5.41, 5.74) is 3.66. The normalized spacial score (nSPS) is 12.6. The molecule has 2 heterocycles. The van der Waals surface area contributed by atoms with Gasteiger partial charge in [0.25, 0.3) is 0 Å². The van der Waals surface area contributed by atoms with Crippen LogP contribution in [0.4, 0.5) is 0 Å². The predicted octanol–water partition coefficient (Wildman–Crippen LogP) is 2.46. The molecule has 0 bridgehead atoms. The summed E-state index contributed by atoms with van der Waals surface area (Å²) in [6.45, 7) is 8.20. The Bertz CT molecular complexity index is 505. The standard InChI is InChI=1S/C15H22N4/c1-12-9-14(3)17-11-15(12)10-16-13(2)5-8-19-7-4-6-18-19/h4,6-7,9,11,13,16H,5,8,10H2,1-3H3. The van der Waals surface area contributed by atoms with Gasteiger partial charge in [0.2, 0.25) is 0 Å². The van der Waals surface area contributed by atoms with Crippen molar-refractivity contribution in [3.05, 3.63) is 47.5 Å². The van der Waals surface area contributed by atoms with Crippen LogP contribution in [0.3, 0.4) is 0 Å². The molecule has 4 nitrogen and oxygen atoms in total. The maximum atomic E-state index is 4.35. The van der Waals surface area contributed by atoms with Gasteiger partial charge in [-0.2, -0.15) is 5.10 Å². The van der Waals surface area contributed by atoms with Crippen molar-refractivity contribution in [2.75, 3.05) is 0 Å². The Hall–Kier alpha value is -1.68. The maximum Gasteiger partial charge on any atom is 0.0489 e. The Morgan fingerprint density at radius 3 is 2.89 bits per heavy atom. The molecule has 2 aromatic heterocycles. The van der Waals surface area contributed by atoms with Crippen LogP contribution < -0.4 is 5.32 Å². The summed E-state index contributed by atoms with van der Waals surface area (Å²) >= 11 is 0. The third-order valence-corrected chi connectivity index (χ3v) is 3.35. The third kappa shape index (κ3) is 4.17. The van der Waals surface area contributed by atoms with E-state index >= 15 is 0 Å². The fourth-order valence-electron chi connectivity index (χ4n) is 2.05. The van der Waals surface area contributed by atoms with Crippen LogP contribution in [0.25, 0.3) is 0 Å². The van der Waals surface area contributed by atoms with Crippen molar-refractivity contribution in [2.45, 2.75) is 46.3 Å². The lowest BCUT2D eigenvalue weighted by Crippen LogP contribution is -2.27. The smallest absolute Gasteiger partial charge is 0.0489 e. The molecule has 0 amide bonds. The molecule has 0 radical (unpaired) electrons. The van der Waals surface area contributed by atoms with Crippen LogP contribution >= 0.6 is 0 Å². The first-order valence-corrected chi connectivity index (χ1v) is 6.78. The van der Waals surface area contributed by atoms with Gasteiger partial charge in [0, 0.05) is 43.4 Å². The number of nitrogens with zero attached hydrogens (tertiary/aromatic N) is 3. The molecule has 0 spiro atoms. The summed E-state index contributed by atoms with van der Waals surface area (Å²) in [6.07, 6.45) is 6.86. The molecule has 0 aromatic carbocycles. The molecule has 0 fully saturated rings. The number of rotatable bonds is 6. The lowest BCUT2D eigenvalue weighted by atomic mass is 10.1. The molecule has 4 heteroatoms. The molecule has 1 atom stereocenters. The zero-order valence-electron chi connectivity index (χ0n) is 11.9. The second-order valence-electron chi connectivity index (χ2n) is 5.09. The number of hydrogen-bond acceptors (Lipinski definition) is 3. The van der Waals surface area contributed by atoms with Gasteiger partial charge in [0.05, 0.1) is 0 Å². The van der Waals surface area contributed by atoms with Crippen LogP contribution in [0, 0.1) is 13.8 Å². The van der Waals surface area contributed by atoms with Crippen molar-refractivity contribution >= 4 is 0 Å². The minimum Gasteiger partial charge on any atom is -0.310 e. The van der Waals surface area contributed by atoms with Crippen LogP contribution in [0.5, 0.6) is 0 Å². The number of pyridine rings is 1. The zero-order chi connectivity index (χ0) is 13.7. The van der Waals surface area contributed by atoms with Gasteiger partial charge in [-0.05, 0) is 50.5 Å². The Balaban J connectivity index is 1.78. The topological polar surface area (TPSA) is 42.7 Å². The van der Waals surface area contributed by atoms with E-state index in [1.165, 1.54) is 11.1 Å². The van der Waals surface area contributed by atoms with E-state index in [1.807, 2.05) is 36.3 Å². The summed E-state index contributed by atoms with van der Waals surface area (Å²) in [6, 6.07) is 4.55. The summed E-state index contributed by atoms with van der Waals surface area (Å²) in [4.78, 5) is 4.35. The largest absolute Gasteiger partial charge is 0.310 e. The average molecular weight is 258 g/mol. The molecule has 0 aliphatic carbocycles. The molecular weight excluding hydrogens is 236 g/mol. The summed E-state index contributed by atoms with van der Waals surface area (Å²) in [7, 11) is 0. The van der Waals surface area contributed by atoms with E-state index in [0.29, 0.717) is 6.04 Å². The molecule has 102 valence electrons. The van der Waals surface area contributed by atoms with E-state index in [2.05, 4.69) is 35.3 Å². The van der Waals surface area contributed by atoms with E-state index in [1.54, 1.807) is 0 Å². The highest BCUT2D eigenvalue weighted by Crippen LogP contribution is 2.08. The van der Waals surface area contributed by atoms with Crippen molar-refractivity contribution in [3.63, 3.8) is 0 Å². The van der Waals surface area contributed by atoms with Gasteiger partial charge < -0.3 is 5.32 Å². The Morgan fingerprint density at radius 1 is 1.37 bits per heavy atom. The lowest BCUT2D eigenvalue weighted by molar-refractivity contribution is 0.457. The Morgan fingerprint density at radius 2 is 2.21 bits per heavy atom. The molecule has 19 heavy (non-hydrogen) atoms. The van der Waals surface area contributed by atoms with Gasteiger partial charge in [0.15, 0.2) is 0 Å². The van der Waals surface area contributed by atoms with E-state index in [-0.39, 0.29) is 0 Å². The Labute approximate surface area is 114 Å². The van der Waals surface area contributed by atoms with Crippen molar-refractivity contribution in [2.24, 2.45) is 0 Å². The SMILES string of the molecule is Cc1cc(C)c(CNC(C)CCn2cccn2)cn1. The maximum absolute atomic E-state index is 4.35. The molecule has 2 aromatic rings. The molecule has 0 saturated heterocycles. The van der Waals surface area contributed by atoms with Crippen molar-refractivity contribution in [3.8, 4) is 0 Å². The Kier molecular flexibility index (Phi) is 4.68. The number of nitrogens with one attached hydrogen (secondary N) is 1. The summed E-state index contributed by atoms with van der Waals surface area (Å²) in [5, 5.41) is 7.75. The quantitative estimate of drug-likeness (QED) is 0.865. The van der Waals surface area contributed by atoms with Crippen LogP contribution in [0.15, 0.2) is 30.7 Å².